The van der Waals surface area contributed by atoms with Gasteiger partial charge in [0, 0.05) is 10.9 Å². The van der Waals surface area contributed by atoms with E-state index in [0.717, 1.165) is 18.7 Å². The summed E-state index contributed by atoms with van der Waals surface area (Å²) in [5.41, 5.74) is 0.354. The molecule has 2 aromatic rings. The maximum absolute atomic E-state index is 12.0. The van der Waals surface area contributed by atoms with Crippen LogP contribution in [0, 0.1) is 0 Å². The van der Waals surface area contributed by atoms with Gasteiger partial charge in [0.25, 0.3) is 0 Å². The second kappa shape index (κ2) is 6.66. The molecule has 116 valence electrons. The van der Waals surface area contributed by atoms with Gasteiger partial charge >= 0.3 is 0 Å². The van der Waals surface area contributed by atoms with Gasteiger partial charge in [0.15, 0.2) is 0 Å². The zero-order valence-electron chi connectivity index (χ0n) is 11.2. The Balaban J connectivity index is 1.58. The summed E-state index contributed by atoms with van der Waals surface area (Å²) < 4.78 is 0. The van der Waals surface area contributed by atoms with Gasteiger partial charge in [-0.1, -0.05) is 46.6 Å². The Labute approximate surface area is 146 Å². The number of benzene rings is 1. The predicted molar refractivity (Wildman–Crippen MR) is 89.2 cm³/mol. The molecular weight excluding hydrogens is 367 g/mol. The summed E-state index contributed by atoms with van der Waals surface area (Å²) in [7, 11) is 0. The van der Waals surface area contributed by atoms with Crippen molar-refractivity contribution in [3.63, 3.8) is 0 Å². The molecule has 1 aliphatic rings. The van der Waals surface area contributed by atoms with Crippen LogP contribution in [0.2, 0.25) is 15.1 Å². The quantitative estimate of drug-likeness (QED) is 0.759. The van der Waals surface area contributed by atoms with E-state index in [0.29, 0.717) is 31.8 Å². The monoisotopic (exact) mass is 376 g/mol. The highest BCUT2D eigenvalue weighted by molar-refractivity contribution is 7.99. The van der Waals surface area contributed by atoms with Crippen LogP contribution in [0.4, 0.5) is 5.69 Å². The van der Waals surface area contributed by atoms with Gasteiger partial charge in [-0.25, -0.2) is 4.98 Å². The first kappa shape index (κ1) is 15.9. The molecule has 1 fully saturated rings. The number of anilines is 1. The highest BCUT2D eigenvalue weighted by atomic mass is 35.5. The van der Waals surface area contributed by atoms with Crippen molar-refractivity contribution in [3.8, 4) is 0 Å². The van der Waals surface area contributed by atoms with Crippen LogP contribution < -0.4 is 5.32 Å². The van der Waals surface area contributed by atoms with Crippen molar-refractivity contribution < 1.29 is 4.79 Å². The zero-order valence-corrected chi connectivity index (χ0v) is 14.3. The molecule has 5 nitrogen and oxygen atoms in total. The van der Waals surface area contributed by atoms with Crippen molar-refractivity contribution in [1.82, 2.24) is 15.2 Å². The third kappa shape index (κ3) is 3.87. The van der Waals surface area contributed by atoms with Crippen molar-refractivity contribution in [3.05, 3.63) is 33.0 Å². The van der Waals surface area contributed by atoms with Crippen molar-refractivity contribution in [2.45, 2.75) is 23.9 Å². The van der Waals surface area contributed by atoms with E-state index in [1.165, 1.54) is 23.9 Å². The maximum atomic E-state index is 12.0. The second-order valence-corrected chi connectivity index (χ2v) is 7.05. The number of carbonyl (C=O) groups is 1. The zero-order chi connectivity index (χ0) is 15.7. The molecule has 1 aromatic heterocycles. The molecule has 0 saturated heterocycles. The molecule has 1 saturated carbocycles. The molecule has 1 heterocycles. The lowest BCUT2D eigenvalue weighted by molar-refractivity contribution is -0.113. The van der Waals surface area contributed by atoms with Gasteiger partial charge in [-0.15, -0.1) is 5.10 Å². The molecule has 2 N–H and O–H groups in total. The SMILES string of the molecule is O=C(CSc1n[nH]c(C2CC2)n1)Nc1c(Cl)cc(Cl)cc1Cl. The third-order valence-corrected chi connectivity index (χ3v) is 4.71. The van der Waals surface area contributed by atoms with E-state index in [9.17, 15) is 4.79 Å². The number of nitrogens with one attached hydrogen (secondary N) is 2. The highest BCUT2D eigenvalue weighted by Gasteiger charge is 2.27. The molecule has 1 aromatic carbocycles. The number of carbonyl (C=O) groups excluding carboxylic acids is 1. The standard InChI is InChI=1S/C13H11Cl3N4OS/c14-7-3-8(15)11(9(16)4-7)17-10(21)5-22-13-18-12(19-20-13)6-1-2-6/h3-4,6H,1-2,5H2,(H,17,21)(H,18,19,20). The average molecular weight is 378 g/mol. The van der Waals surface area contributed by atoms with Crippen LogP contribution in [0.25, 0.3) is 0 Å². The topological polar surface area (TPSA) is 70.7 Å². The second-order valence-electron chi connectivity index (χ2n) is 4.86. The van der Waals surface area contributed by atoms with Gasteiger partial charge in [0.05, 0.1) is 21.5 Å². The number of hydrogen-bond donors (Lipinski definition) is 2. The fraction of sp³-hybridized carbons (Fsp3) is 0.308. The third-order valence-electron chi connectivity index (χ3n) is 3.05. The van der Waals surface area contributed by atoms with Crippen LogP contribution in [-0.2, 0) is 4.79 Å². The number of aromatic amines is 1. The Kier molecular flexibility index (Phi) is 4.82. The summed E-state index contributed by atoms with van der Waals surface area (Å²) in [5, 5.41) is 11.2. The molecule has 0 aliphatic heterocycles. The smallest absolute Gasteiger partial charge is 0.234 e. The van der Waals surface area contributed by atoms with Crippen LogP contribution in [0.3, 0.4) is 0 Å². The number of aromatic nitrogens is 3. The minimum Gasteiger partial charge on any atom is -0.323 e. The van der Waals surface area contributed by atoms with E-state index in [-0.39, 0.29) is 11.7 Å². The van der Waals surface area contributed by atoms with E-state index in [4.69, 9.17) is 34.8 Å². The number of rotatable bonds is 5. The van der Waals surface area contributed by atoms with Crippen LogP contribution >= 0.6 is 46.6 Å². The van der Waals surface area contributed by atoms with E-state index < -0.39 is 0 Å². The van der Waals surface area contributed by atoms with Gasteiger partial charge in [-0.3, -0.25) is 9.89 Å². The van der Waals surface area contributed by atoms with Crippen molar-refractivity contribution >= 4 is 58.2 Å². The number of amides is 1. The summed E-state index contributed by atoms with van der Waals surface area (Å²) in [4.78, 5) is 16.3. The average Bonchev–Trinajstić information content (AvgIpc) is 3.20. The van der Waals surface area contributed by atoms with Crippen LogP contribution in [0.1, 0.15) is 24.6 Å². The first-order valence-electron chi connectivity index (χ1n) is 6.52. The molecule has 0 unspecified atom stereocenters. The summed E-state index contributed by atoms with van der Waals surface area (Å²) in [6.07, 6.45) is 2.29. The molecular formula is C13H11Cl3N4OS. The number of hydrogen-bond acceptors (Lipinski definition) is 4. The molecule has 0 bridgehead atoms. The summed E-state index contributed by atoms with van der Waals surface area (Å²) in [6.45, 7) is 0. The Bertz CT molecular complexity index is 694. The molecule has 3 rings (SSSR count). The van der Waals surface area contributed by atoms with Crippen molar-refractivity contribution in [2.75, 3.05) is 11.1 Å². The van der Waals surface area contributed by atoms with E-state index in [1.807, 2.05) is 0 Å². The molecule has 1 aliphatic carbocycles. The van der Waals surface area contributed by atoms with Crippen molar-refractivity contribution in [1.29, 1.82) is 0 Å². The molecule has 0 spiro atoms. The first-order valence-corrected chi connectivity index (χ1v) is 8.64. The number of nitrogens with zero attached hydrogens (tertiary/aromatic N) is 2. The summed E-state index contributed by atoms with van der Waals surface area (Å²) >= 11 is 19.1. The largest absolute Gasteiger partial charge is 0.323 e. The Morgan fingerprint density at radius 1 is 1.32 bits per heavy atom. The van der Waals surface area contributed by atoms with Gasteiger partial charge in [0.2, 0.25) is 11.1 Å². The fourth-order valence-corrected chi connectivity index (χ4v) is 3.35. The van der Waals surface area contributed by atoms with Crippen LogP contribution in [0.15, 0.2) is 17.3 Å². The van der Waals surface area contributed by atoms with E-state index in [1.54, 1.807) is 0 Å². The minimum atomic E-state index is -0.242. The van der Waals surface area contributed by atoms with Crippen LogP contribution in [-0.4, -0.2) is 26.8 Å². The number of H-pyrrole nitrogens is 1. The maximum Gasteiger partial charge on any atom is 0.234 e. The Morgan fingerprint density at radius 2 is 2.00 bits per heavy atom. The Hall–Kier alpha value is -0.950. The predicted octanol–water partition coefficient (Wildman–Crippen LogP) is 4.37. The lowest BCUT2D eigenvalue weighted by Crippen LogP contribution is -2.14. The van der Waals surface area contributed by atoms with Gasteiger partial charge < -0.3 is 5.32 Å². The van der Waals surface area contributed by atoms with E-state index >= 15 is 0 Å². The number of thioether (sulfide) groups is 1. The normalized spacial score (nSPS) is 14.1. The lowest BCUT2D eigenvalue weighted by Gasteiger charge is -2.09. The first-order chi connectivity index (χ1) is 10.5. The minimum absolute atomic E-state index is 0.164. The molecule has 1 amide bonds. The highest BCUT2D eigenvalue weighted by Crippen LogP contribution is 2.38. The molecule has 9 heteroatoms. The number of halogens is 3. The van der Waals surface area contributed by atoms with E-state index in [2.05, 4.69) is 20.5 Å². The molecule has 0 radical (unpaired) electrons. The summed E-state index contributed by atoms with van der Waals surface area (Å²) in [6, 6.07) is 3.05. The van der Waals surface area contributed by atoms with Crippen molar-refractivity contribution in [2.24, 2.45) is 0 Å². The fourth-order valence-electron chi connectivity index (χ4n) is 1.83. The van der Waals surface area contributed by atoms with Gasteiger partial charge in [0.1, 0.15) is 5.82 Å². The van der Waals surface area contributed by atoms with Gasteiger partial charge in [-0.2, -0.15) is 0 Å². The molecule has 22 heavy (non-hydrogen) atoms. The van der Waals surface area contributed by atoms with Gasteiger partial charge in [-0.05, 0) is 25.0 Å². The molecule has 0 atom stereocenters. The summed E-state index contributed by atoms with van der Waals surface area (Å²) in [5.74, 6) is 1.32. The lowest BCUT2D eigenvalue weighted by atomic mass is 10.3. The van der Waals surface area contributed by atoms with Crippen LogP contribution in [0.5, 0.6) is 0 Å². The Morgan fingerprint density at radius 3 is 2.64 bits per heavy atom.